The molecule has 0 aliphatic heterocycles. The van der Waals surface area contributed by atoms with Crippen molar-refractivity contribution in [1.29, 1.82) is 0 Å². The van der Waals surface area contributed by atoms with Crippen LogP contribution in [0.25, 0.3) is 0 Å². The van der Waals surface area contributed by atoms with Crippen LogP contribution >= 0.6 is 27.7 Å². The number of benzene rings is 2. The molecule has 3 N–H and O–H groups in total. The number of nitrogens with one attached hydrogen (secondary N) is 1. The summed E-state index contributed by atoms with van der Waals surface area (Å²) in [6, 6.07) is 10.9. The quantitative estimate of drug-likeness (QED) is 0.778. The van der Waals surface area contributed by atoms with Crippen molar-refractivity contribution in [2.45, 2.75) is 4.90 Å². The Hall–Kier alpha value is -1.86. The third kappa shape index (κ3) is 4.32. The van der Waals surface area contributed by atoms with Crippen LogP contribution in [0.5, 0.6) is 0 Å². The summed E-state index contributed by atoms with van der Waals surface area (Å²) in [5.41, 5.74) is 6.01. The average molecular weight is 383 g/mol. The van der Waals surface area contributed by atoms with E-state index in [4.69, 9.17) is 5.73 Å². The first-order chi connectivity index (χ1) is 10.5. The van der Waals surface area contributed by atoms with Gasteiger partial charge in [0, 0.05) is 9.37 Å². The number of nitrogens with two attached hydrogens (primary N) is 1. The highest BCUT2D eigenvalue weighted by atomic mass is 79.9. The van der Waals surface area contributed by atoms with Crippen LogP contribution in [0.2, 0.25) is 0 Å². The zero-order valence-corrected chi connectivity index (χ0v) is 13.7. The van der Waals surface area contributed by atoms with E-state index in [0.29, 0.717) is 15.7 Å². The van der Waals surface area contributed by atoms with E-state index in [2.05, 4.69) is 21.2 Å². The molecule has 114 valence electrons. The van der Waals surface area contributed by atoms with Gasteiger partial charge in [-0.05, 0) is 46.3 Å². The predicted molar refractivity (Wildman–Crippen MR) is 88.4 cm³/mol. The minimum Gasteiger partial charge on any atom is -0.369 e. The van der Waals surface area contributed by atoms with Gasteiger partial charge in [0.15, 0.2) is 0 Å². The molecule has 0 spiro atoms. The molecule has 0 aliphatic rings. The van der Waals surface area contributed by atoms with Crippen molar-refractivity contribution >= 4 is 45.2 Å². The van der Waals surface area contributed by atoms with Crippen molar-refractivity contribution in [1.82, 2.24) is 0 Å². The van der Waals surface area contributed by atoms with E-state index in [1.807, 2.05) is 0 Å². The predicted octanol–water partition coefficient (Wildman–Crippen LogP) is 3.42. The highest BCUT2D eigenvalue weighted by Gasteiger charge is 2.13. The number of rotatable bonds is 5. The van der Waals surface area contributed by atoms with E-state index in [-0.39, 0.29) is 11.7 Å². The number of thioether (sulfide) groups is 1. The Morgan fingerprint density at radius 3 is 2.64 bits per heavy atom. The second kappa shape index (κ2) is 7.42. The van der Waals surface area contributed by atoms with Crippen molar-refractivity contribution in [3.8, 4) is 0 Å². The number of hydrogen-bond donors (Lipinski definition) is 2. The Balaban J connectivity index is 2.19. The normalized spacial score (nSPS) is 10.3. The summed E-state index contributed by atoms with van der Waals surface area (Å²) < 4.78 is 13.4. The molecular weight excluding hydrogens is 371 g/mol. The molecule has 0 saturated carbocycles. The Labute approximate surface area is 139 Å². The van der Waals surface area contributed by atoms with Crippen molar-refractivity contribution in [3.63, 3.8) is 0 Å². The second-order valence-corrected chi connectivity index (χ2v) is 6.20. The van der Waals surface area contributed by atoms with Crippen molar-refractivity contribution in [3.05, 3.63) is 58.3 Å². The summed E-state index contributed by atoms with van der Waals surface area (Å²) >= 11 is 4.40. The maximum atomic E-state index is 13.1. The SMILES string of the molecule is NC(=O)CSc1ccccc1NC(=O)c1ccc(F)cc1Br. The van der Waals surface area contributed by atoms with Gasteiger partial charge in [-0.15, -0.1) is 11.8 Å². The molecule has 22 heavy (non-hydrogen) atoms. The van der Waals surface area contributed by atoms with E-state index in [1.54, 1.807) is 24.3 Å². The number of amides is 2. The molecule has 0 aliphatic carbocycles. The molecule has 7 heteroatoms. The molecular formula is C15H12BrFN2O2S. The van der Waals surface area contributed by atoms with Gasteiger partial charge in [0.05, 0.1) is 17.0 Å². The van der Waals surface area contributed by atoms with E-state index < -0.39 is 11.7 Å². The number of hydrogen-bond acceptors (Lipinski definition) is 3. The fourth-order valence-corrected chi connectivity index (χ4v) is 2.99. The van der Waals surface area contributed by atoms with Gasteiger partial charge in [0.1, 0.15) is 5.82 Å². The number of halogens is 2. The van der Waals surface area contributed by atoms with Crippen LogP contribution in [-0.4, -0.2) is 17.6 Å². The molecule has 0 saturated heterocycles. The van der Waals surface area contributed by atoms with Crippen LogP contribution in [0.1, 0.15) is 10.4 Å². The maximum Gasteiger partial charge on any atom is 0.256 e. The lowest BCUT2D eigenvalue weighted by atomic mass is 10.2. The lowest BCUT2D eigenvalue weighted by molar-refractivity contribution is -0.115. The molecule has 0 unspecified atom stereocenters. The maximum absolute atomic E-state index is 13.1. The smallest absolute Gasteiger partial charge is 0.256 e. The Morgan fingerprint density at radius 2 is 1.95 bits per heavy atom. The van der Waals surface area contributed by atoms with E-state index in [0.717, 1.165) is 4.90 Å². The summed E-state index contributed by atoms with van der Waals surface area (Å²) in [6.45, 7) is 0. The first-order valence-corrected chi connectivity index (χ1v) is 8.02. The van der Waals surface area contributed by atoms with Crippen LogP contribution in [0, 0.1) is 5.82 Å². The molecule has 2 amide bonds. The molecule has 0 bridgehead atoms. The van der Waals surface area contributed by atoms with E-state index >= 15 is 0 Å². The van der Waals surface area contributed by atoms with E-state index in [9.17, 15) is 14.0 Å². The standard InChI is InChI=1S/C15H12BrFN2O2S/c16-11-7-9(17)5-6-10(11)15(21)19-12-3-1-2-4-13(12)22-8-14(18)20/h1-7H,8H2,(H2,18,20)(H,19,21). The van der Waals surface area contributed by atoms with E-state index in [1.165, 1.54) is 30.0 Å². The minimum absolute atomic E-state index is 0.118. The van der Waals surface area contributed by atoms with Gasteiger partial charge >= 0.3 is 0 Å². The van der Waals surface area contributed by atoms with Gasteiger partial charge in [-0.1, -0.05) is 12.1 Å². The molecule has 0 radical (unpaired) electrons. The Bertz CT molecular complexity index is 724. The highest BCUT2D eigenvalue weighted by Crippen LogP contribution is 2.28. The van der Waals surface area contributed by atoms with Crippen LogP contribution in [0.3, 0.4) is 0 Å². The Kier molecular flexibility index (Phi) is 5.57. The number of carbonyl (C=O) groups excluding carboxylic acids is 2. The molecule has 4 nitrogen and oxygen atoms in total. The number of primary amides is 1. The van der Waals surface area contributed by atoms with Crippen molar-refractivity contribution < 1.29 is 14.0 Å². The highest BCUT2D eigenvalue weighted by molar-refractivity contribution is 9.10. The third-order valence-electron chi connectivity index (χ3n) is 2.68. The minimum atomic E-state index is -0.438. The van der Waals surface area contributed by atoms with Crippen LogP contribution < -0.4 is 11.1 Å². The first kappa shape index (κ1) is 16.5. The molecule has 0 aromatic heterocycles. The van der Waals surface area contributed by atoms with Gasteiger partial charge in [-0.3, -0.25) is 9.59 Å². The van der Waals surface area contributed by atoms with Gasteiger partial charge in [0.25, 0.3) is 5.91 Å². The fraction of sp³-hybridized carbons (Fsp3) is 0.0667. The van der Waals surface area contributed by atoms with Crippen LogP contribution in [0.15, 0.2) is 51.8 Å². The fourth-order valence-electron chi connectivity index (χ4n) is 1.71. The van der Waals surface area contributed by atoms with Crippen LogP contribution in [0.4, 0.5) is 10.1 Å². The van der Waals surface area contributed by atoms with Crippen molar-refractivity contribution in [2.24, 2.45) is 5.73 Å². The average Bonchev–Trinajstić information content (AvgIpc) is 2.46. The summed E-state index contributed by atoms with van der Waals surface area (Å²) in [5.74, 6) is -1.13. The lowest BCUT2D eigenvalue weighted by Gasteiger charge is -2.11. The Morgan fingerprint density at radius 1 is 1.23 bits per heavy atom. The number of carbonyl (C=O) groups is 2. The van der Waals surface area contributed by atoms with Gasteiger partial charge in [-0.2, -0.15) is 0 Å². The van der Waals surface area contributed by atoms with Gasteiger partial charge in [0.2, 0.25) is 5.91 Å². The monoisotopic (exact) mass is 382 g/mol. The third-order valence-corrected chi connectivity index (χ3v) is 4.43. The van der Waals surface area contributed by atoms with Crippen LogP contribution in [-0.2, 0) is 4.79 Å². The lowest BCUT2D eigenvalue weighted by Crippen LogP contribution is -2.15. The first-order valence-electron chi connectivity index (χ1n) is 6.24. The van der Waals surface area contributed by atoms with Crippen molar-refractivity contribution in [2.75, 3.05) is 11.1 Å². The molecule has 2 rings (SSSR count). The molecule has 0 heterocycles. The number of para-hydroxylation sites is 1. The van der Waals surface area contributed by atoms with Gasteiger partial charge < -0.3 is 11.1 Å². The summed E-state index contributed by atoms with van der Waals surface area (Å²) in [5, 5.41) is 2.75. The topological polar surface area (TPSA) is 72.2 Å². The number of anilines is 1. The summed E-state index contributed by atoms with van der Waals surface area (Å²) in [7, 11) is 0. The van der Waals surface area contributed by atoms with Gasteiger partial charge in [-0.25, -0.2) is 4.39 Å². The molecule has 0 atom stereocenters. The second-order valence-electron chi connectivity index (χ2n) is 4.33. The summed E-state index contributed by atoms with van der Waals surface area (Å²) in [4.78, 5) is 23.9. The molecule has 2 aromatic rings. The molecule has 2 aromatic carbocycles. The summed E-state index contributed by atoms with van der Waals surface area (Å²) in [6.07, 6.45) is 0. The molecule has 0 fully saturated rings. The zero-order valence-electron chi connectivity index (χ0n) is 11.3. The largest absolute Gasteiger partial charge is 0.369 e. The zero-order chi connectivity index (χ0) is 16.1.